The van der Waals surface area contributed by atoms with Crippen molar-refractivity contribution in [3.63, 3.8) is 0 Å². The summed E-state index contributed by atoms with van der Waals surface area (Å²) in [6.07, 6.45) is -12.3. The van der Waals surface area contributed by atoms with Crippen LogP contribution in [0.25, 0.3) is 0 Å². The van der Waals surface area contributed by atoms with E-state index in [9.17, 15) is 53.8 Å². The van der Waals surface area contributed by atoms with Gasteiger partial charge in [0.05, 0.1) is 16.9 Å². The molecule has 1 amide bonds. The molecule has 2 unspecified atom stereocenters. The van der Waals surface area contributed by atoms with Gasteiger partial charge >= 0.3 is 24.0 Å². The van der Waals surface area contributed by atoms with Crippen molar-refractivity contribution in [2.75, 3.05) is 6.54 Å². The fourth-order valence-electron chi connectivity index (χ4n) is 7.37. The van der Waals surface area contributed by atoms with E-state index < -0.39 is 73.7 Å². The summed E-state index contributed by atoms with van der Waals surface area (Å²) in [6, 6.07) is 4.13. The zero-order valence-corrected chi connectivity index (χ0v) is 24.4. The zero-order chi connectivity index (χ0) is 33.2. The van der Waals surface area contributed by atoms with Gasteiger partial charge in [0.25, 0.3) is 0 Å². The van der Waals surface area contributed by atoms with Crippen molar-refractivity contribution < 1.29 is 58.2 Å². The minimum Gasteiger partial charge on any atom is -0.481 e. The molecular formula is C30H29F8NO5S. The molecule has 1 N–H and O–H groups in total. The molecule has 1 saturated heterocycles. The number of carboxylic acids is 1. The van der Waals surface area contributed by atoms with Gasteiger partial charge in [-0.3, -0.25) is 9.59 Å². The van der Waals surface area contributed by atoms with Crippen LogP contribution in [0.3, 0.4) is 0 Å². The Kier molecular flexibility index (Phi) is 8.27. The summed E-state index contributed by atoms with van der Waals surface area (Å²) in [7, 11) is -4.61. The number of aliphatic carboxylic acids is 1. The van der Waals surface area contributed by atoms with E-state index in [0.717, 1.165) is 30.3 Å². The lowest BCUT2D eigenvalue weighted by Crippen LogP contribution is -2.62. The van der Waals surface area contributed by atoms with Crippen LogP contribution in [-0.4, -0.2) is 55.2 Å². The molecule has 45 heavy (non-hydrogen) atoms. The number of carbonyl (C=O) groups excluding carboxylic acids is 1. The van der Waals surface area contributed by atoms with E-state index in [-0.39, 0.29) is 80.0 Å². The quantitative estimate of drug-likeness (QED) is 0.286. The van der Waals surface area contributed by atoms with Crippen LogP contribution in [0.1, 0.15) is 61.6 Å². The van der Waals surface area contributed by atoms with Gasteiger partial charge in [-0.05, 0) is 86.8 Å². The predicted octanol–water partition coefficient (Wildman–Crippen LogP) is 6.61. The molecule has 2 atom stereocenters. The van der Waals surface area contributed by atoms with E-state index in [4.69, 9.17) is 0 Å². The summed E-state index contributed by atoms with van der Waals surface area (Å²) in [4.78, 5) is 26.3. The molecule has 0 radical (unpaired) electrons. The number of likely N-dealkylation sites (tertiary alicyclic amines) is 1. The van der Waals surface area contributed by atoms with Crippen molar-refractivity contribution >= 4 is 21.7 Å². The van der Waals surface area contributed by atoms with Crippen molar-refractivity contribution in [2.24, 2.45) is 11.8 Å². The number of halogens is 8. The number of carboxylic acid groups (broad SMARTS) is 1. The number of amides is 1. The monoisotopic (exact) mass is 667 g/mol. The first-order valence-electron chi connectivity index (χ1n) is 14.4. The molecule has 0 aromatic heterocycles. The highest BCUT2D eigenvalue weighted by molar-refractivity contribution is 7.92. The number of rotatable bonds is 5. The van der Waals surface area contributed by atoms with Crippen molar-refractivity contribution in [3.8, 4) is 0 Å². The SMILES string of the molecule is O=C(O)[C@H]1CC[C@H](C(=O)N2CCCC3(S(=O)(=O)c4ccc(F)cc4)c4ccc(C(F)(C(F)(F)F)C(F)(F)F)cc4CCC23)CC1. The molecule has 1 aliphatic heterocycles. The van der Waals surface area contributed by atoms with Gasteiger partial charge in [0, 0.05) is 18.0 Å². The molecular weight excluding hydrogens is 638 g/mol. The third-order valence-electron chi connectivity index (χ3n) is 9.60. The van der Waals surface area contributed by atoms with Crippen LogP contribution in [0.4, 0.5) is 35.1 Å². The Hall–Kier alpha value is -3.23. The zero-order valence-electron chi connectivity index (χ0n) is 23.6. The van der Waals surface area contributed by atoms with E-state index in [1.54, 1.807) is 0 Å². The van der Waals surface area contributed by atoms with Gasteiger partial charge in [-0.25, -0.2) is 17.2 Å². The third kappa shape index (κ3) is 5.18. The lowest BCUT2D eigenvalue weighted by molar-refractivity contribution is -0.348. The van der Waals surface area contributed by atoms with Crippen molar-refractivity contribution in [1.82, 2.24) is 4.90 Å². The third-order valence-corrected chi connectivity index (χ3v) is 12.1. The van der Waals surface area contributed by atoms with E-state index in [1.807, 2.05) is 0 Å². The van der Waals surface area contributed by atoms with Crippen LogP contribution in [0.5, 0.6) is 0 Å². The first kappa shape index (κ1) is 33.1. The molecule has 2 aromatic rings. The number of nitrogens with zero attached hydrogens (tertiary/aromatic N) is 1. The summed E-state index contributed by atoms with van der Waals surface area (Å²) < 4.78 is 137. The number of piperidine rings is 1. The minimum absolute atomic E-state index is 0.0898. The molecule has 2 aromatic carbocycles. The summed E-state index contributed by atoms with van der Waals surface area (Å²) >= 11 is 0. The van der Waals surface area contributed by atoms with Crippen LogP contribution in [0, 0.1) is 17.7 Å². The van der Waals surface area contributed by atoms with Gasteiger partial charge in [0.1, 0.15) is 10.6 Å². The second kappa shape index (κ2) is 11.2. The summed E-state index contributed by atoms with van der Waals surface area (Å²) in [6.45, 7) is 0.117. The van der Waals surface area contributed by atoms with Gasteiger partial charge in [0.2, 0.25) is 5.91 Å². The number of sulfone groups is 1. The Labute approximate surface area is 253 Å². The number of carbonyl (C=O) groups is 2. The van der Waals surface area contributed by atoms with Crippen molar-refractivity contribution in [3.05, 3.63) is 65.0 Å². The largest absolute Gasteiger partial charge is 0.481 e. The number of alkyl halides is 7. The topological polar surface area (TPSA) is 91.8 Å². The van der Waals surface area contributed by atoms with Crippen LogP contribution in [0.15, 0.2) is 47.4 Å². The molecule has 1 saturated carbocycles. The van der Waals surface area contributed by atoms with E-state index >= 15 is 4.39 Å². The van der Waals surface area contributed by atoms with Gasteiger partial charge in [-0.15, -0.1) is 0 Å². The van der Waals surface area contributed by atoms with Crippen LogP contribution < -0.4 is 0 Å². The maximum absolute atomic E-state index is 15.0. The number of hydrogen-bond donors (Lipinski definition) is 1. The Balaban J connectivity index is 1.65. The standard InChI is InChI=1S/C30H29F8NO5S/c31-21-8-10-22(11-9-21)45(43,44)27-14-1-15-39(25(40)17-2-4-18(5-3-17)26(41)42)24(27)13-6-19-16-20(7-12-23(19)27)28(32,29(33,34)35)30(36,37)38/h7-12,16-18,24H,1-6,13-15H2,(H,41,42)/t17-,18-,24?,27?. The van der Waals surface area contributed by atoms with Crippen molar-refractivity contribution in [2.45, 2.75) is 85.1 Å². The minimum atomic E-state index is -6.37. The average Bonchev–Trinajstić information content (AvgIpc) is 2.98. The van der Waals surface area contributed by atoms with Gasteiger partial charge < -0.3 is 10.0 Å². The predicted molar refractivity (Wildman–Crippen MR) is 143 cm³/mol. The molecule has 3 aliphatic rings. The van der Waals surface area contributed by atoms with Gasteiger partial charge in [-0.2, -0.15) is 26.3 Å². The first-order valence-corrected chi connectivity index (χ1v) is 15.8. The Morgan fingerprint density at radius 3 is 1.98 bits per heavy atom. The Morgan fingerprint density at radius 1 is 0.844 bits per heavy atom. The summed E-state index contributed by atoms with van der Waals surface area (Å²) in [5.41, 5.74) is -7.85. The lowest BCUT2D eigenvalue weighted by Gasteiger charge is -2.53. The van der Waals surface area contributed by atoms with Crippen LogP contribution in [-0.2, 0) is 36.3 Å². The number of benzene rings is 2. The lowest BCUT2D eigenvalue weighted by atomic mass is 9.71. The molecule has 15 heteroatoms. The maximum Gasteiger partial charge on any atom is 0.435 e. The molecule has 0 spiro atoms. The van der Waals surface area contributed by atoms with Crippen molar-refractivity contribution in [1.29, 1.82) is 0 Å². The molecule has 5 rings (SSSR count). The molecule has 6 nitrogen and oxygen atoms in total. The highest BCUT2D eigenvalue weighted by Gasteiger charge is 2.73. The number of hydrogen-bond acceptors (Lipinski definition) is 4. The highest BCUT2D eigenvalue weighted by Crippen LogP contribution is 2.56. The van der Waals surface area contributed by atoms with Crippen LogP contribution in [0.2, 0.25) is 0 Å². The Bertz CT molecular complexity index is 1570. The summed E-state index contributed by atoms with van der Waals surface area (Å²) in [5, 5.41) is 9.33. The smallest absolute Gasteiger partial charge is 0.435 e. The van der Waals surface area contributed by atoms with E-state index in [1.165, 1.54) is 4.90 Å². The van der Waals surface area contributed by atoms with Crippen LogP contribution >= 0.6 is 0 Å². The molecule has 2 aliphatic carbocycles. The molecule has 2 fully saturated rings. The summed E-state index contributed by atoms with van der Waals surface area (Å²) in [5.74, 6) is -3.40. The number of fused-ring (bicyclic) bond motifs is 3. The highest BCUT2D eigenvalue weighted by atomic mass is 32.2. The second-order valence-electron chi connectivity index (χ2n) is 11.9. The van der Waals surface area contributed by atoms with E-state index in [2.05, 4.69) is 0 Å². The fourth-order valence-corrected chi connectivity index (χ4v) is 9.79. The first-order chi connectivity index (χ1) is 20.9. The normalized spacial score (nSPS) is 26.1. The van der Waals surface area contributed by atoms with Gasteiger partial charge in [0.15, 0.2) is 9.84 Å². The molecule has 0 bridgehead atoms. The molecule has 1 heterocycles. The van der Waals surface area contributed by atoms with Gasteiger partial charge in [-0.1, -0.05) is 18.2 Å². The molecule has 246 valence electrons. The average molecular weight is 668 g/mol. The number of aryl methyl sites for hydroxylation is 1. The van der Waals surface area contributed by atoms with E-state index in [0.29, 0.717) is 6.07 Å². The fraction of sp³-hybridized carbons (Fsp3) is 0.533. The maximum atomic E-state index is 15.0. The Morgan fingerprint density at radius 2 is 1.42 bits per heavy atom. The second-order valence-corrected chi connectivity index (χ2v) is 14.2.